The number of benzene rings is 1. The second-order valence-electron chi connectivity index (χ2n) is 8.78. The second kappa shape index (κ2) is 9.80. The molecule has 1 heterocycles. The molecule has 0 saturated heterocycles. The van der Waals surface area contributed by atoms with Crippen molar-refractivity contribution in [2.24, 2.45) is 0 Å². The summed E-state index contributed by atoms with van der Waals surface area (Å²) in [5, 5.41) is 5.97. The van der Waals surface area contributed by atoms with Crippen LogP contribution in [0.25, 0.3) is 0 Å². The number of carbonyl (C=O) groups is 2. The molecule has 176 valence electrons. The van der Waals surface area contributed by atoms with Gasteiger partial charge >= 0.3 is 0 Å². The summed E-state index contributed by atoms with van der Waals surface area (Å²) >= 11 is 6.12. The molecule has 1 fully saturated rings. The third-order valence-corrected chi connectivity index (χ3v) is 8.57. The number of nitrogens with zero attached hydrogens (tertiary/aromatic N) is 2. The lowest BCUT2D eigenvalue weighted by Gasteiger charge is -2.34. The summed E-state index contributed by atoms with van der Waals surface area (Å²) in [6, 6.07) is 2.45. The first-order valence-corrected chi connectivity index (χ1v) is 12.6. The highest BCUT2D eigenvalue weighted by atomic mass is 35.5. The average Bonchev–Trinajstić information content (AvgIpc) is 2.72. The number of amides is 2. The van der Waals surface area contributed by atoms with E-state index in [-0.39, 0.29) is 23.3 Å². The summed E-state index contributed by atoms with van der Waals surface area (Å²) < 4.78 is 27.8. The number of sulfonamides is 1. The molecule has 10 heteroatoms. The number of halogens is 1. The molecule has 1 atom stereocenters. The van der Waals surface area contributed by atoms with E-state index >= 15 is 0 Å². The topological polar surface area (TPSA) is 98.8 Å². The molecule has 0 radical (unpaired) electrons. The Kier molecular flexibility index (Phi) is 7.52. The summed E-state index contributed by atoms with van der Waals surface area (Å²) in [7, 11) is 0.0385. The molecule has 1 aliphatic carbocycles. The van der Waals surface area contributed by atoms with Gasteiger partial charge in [-0.25, -0.2) is 8.42 Å². The normalized spacial score (nSPS) is 23.9. The summed E-state index contributed by atoms with van der Waals surface area (Å²) in [6.45, 7) is 3.37. The van der Waals surface area contributed by atoms with Gasteiger partial charge in [0.1, 0.15) is 6.04 Å². The van der Waals surface area contributed by atoms with Crippen molar-refractivity contribution in [2.45, 2.75) is 69.0 Å². The SMILES string of the molecule is Cc1cc(S(=O)(=O)N2C=CNC(=O)[C@H]2CC(=O)NC2CCC(N(C)C)CC2)c(C)cc1Cl. The third kappa shape index (κ3) is 5.27. The van der Waals surface area contributed by atoms with Crippen molar-refractivity contribution in [1.29, 1.82) is 0 Å². The van der Waals surface area contributed by atoms with Gasteiger partial charge < -0.3 is 15.5 Å². The van der Waals surface area contributed by atoms with Crippen LogP contribution in [0.3, 0.4) is 0 Å². The van der Waals surface area contributed by atoms with E-state index in [2.05, 4.69) is 29.6 Å². The van der Waals surface area contributed by atoms with Crippen molar-refractivity contribution < 1.29 is 18.0 Å². The molecule has 1 aromatic carbocycles. The Labute approximate surface area is 195 Å². The van der Waals surface area contributed by atoms with Gasteiger partial charge in [-0.1, -0.05) is 11.6 Å². The smallest absolute Gasteiger partial charge is 0.264 e. The van der Waals surface area contributed by atoms with Crippen LogP contribution < -0.4 is 10.6 Å². The number of aryl methyl sites for hydroxylation is 2. The molecule has 0 aromatic heterocycles. The lowest BCUT2D eigenvalue weighted by Crippen LogP contribution is -2.52. The first kappa shape index (κ1) is 24.5. The van der Waals surface area contributed by atoms with Crippen molar-refractivity contribution in [3.63, 3.8) is 0 Å². The molecule has 0 spiro atoms. The number of carbonyl (C=O) groups excluding carboxylic acids is 2. The highest BCUT2D eigenvalue weighted by Crippen LogP contribution is 2.29. The van der Waals surface area contributed by atoms with E-state index in [9.17, 15) is 18.0 Å². The van der Waals surface area contributed by atoms with Crippen LogP contribution in [0.5, 0.6) is 0 Å². The fourth-order valence-corrected chi connectivity index (χ4v) is 6.25. The van der Waals surface area contributed by atoms with Crippen molar-refractivity contribution in [2.75, 3.05) is 14.1 Å². The average molecular weight is 483 g/mol. The Bertz CT molecular complexity index is 1020. The van der Waals surface area contributed by atoms with Crippen molar-refractivity contribution in [3.8, 4) is 0 Å². The van der Waals surface area contributed by atoms with Gasteiger partial charge in [-0.2, -0.15) is 0 Å². The minimum atomic E-state index is -4.07. The predicted molar refractivity (Wildman–Crippen MR) is 124 cm³/mol. The van der Waals surface area contributed by atoms with Gasteiger partial charge in [0.2, 0.25) is 11.8 Å². The summed E-state index contributed by atoms with van der Waals surface area (Å²) in [4.78, 5) is 27.6. The minimum Gasteiger partial charge on any atom is -0.353 e. The maximum atomic E-state index is 13.4. The lowest BCUT2D eigenvalue weighted by atomic mass is 9.90. The van der Waals surface area contributed by atoms with Gasteiger partial charge in [-0.15, -0.1) is 0 Å². The maximum absolute atomic E-state index is 13.4. The van der Waals surface area contributed by atoms with Gasteiger partial charge in [0, 0.05) is 29.5 Å². The number of hydrogen-bond donors (Lipinski definition) is 2. The Morgan fingerprint density at radius 3 is 2.47 bits per heavy atom. The van der Waals surface area contributed by atoms with Crippen molar-refractivity contribution in [1.82, 2.24) is 19.8 Å². The molecule has 0 bridgehead atoms. The second-order valence-corrected chi connectivity index (χ2v) is 11.0. The standard InChI is InChI=1S/C22H31ClN4O4S/c1-14-12-20(15(2)11-18(14)23)32(30,31)27-10-9-24-22(29)19(27)13-21(28)25-16-5-7-17(8-6-16)26(3)4/h9-12,16-17,19H,5-8,13H2,1-4H3,(H,24,29)(H,25,28)/t16?,17?,19-/m1/s1. The molecule has 1 aliphatic heterocycles. The third-order valence-electron chi connectivity index (χ3n) is 6.24. The van der Waals surface area contributed by atoms with Crippen LogP contribution in [-0.2, 0) is 19.6 Å². The van der Waals surface area contributed by atoms with Crippen LogP contribution in [0.2, 0.25) is 5.02 Å². The van der Waals surface area contributed by atoms with Crippen LogP contribution in [0.15, 0.2) is 29.4 Å². The van der Waals surface area contributed by atoms with Crippen molar-refractivity contribution in [3.05, 3.63) is 40.7 Å². The minimum absolute atomic E-state index is 0.0344. The highest BCUT2D eigenvalue weighted by molar-refractivity contribution is 7.89. The van der Waals surface area contributed by atoms with E-state index < -0.39 is 22.0 Å². The fraction of sp³-hybridized carbons (Fsp3) is 0.545. The van der Waals surface area contributed by atoms with Gasteiger partial charge in [0.15, 0.2) is 0 Å². The number of nitrogens with one attached hydrogen (secondary N) is 2. The number of rotatable bonds is 6. The predicted octanol–water partition coefficient (Wildman–Crippen LogP) is 2.30. The zero-order valence-corrected chi connectivity index (χ0v) is 20.5. The van der Waals surface area contributed by atoms with Gasteiger partial charge in [-0.05, 0) is 76.9 Å². The monoisotopic (exact) mass is 482 g/mol. The summed E-state index contributed by atoms with van der Waals surface area (Å²) in [5.41, 5.74) is 1.09. The fourth-order valence-electron chi connectivity index (χ4n) is 4.28. The largest absolute Gasteiger partial charge is 0.353 e. The molecular formula is C22H31ClN4O4S. The molecule has 32 heavy (non-hydrogen) atoms. The Morgan fingerprint density at radius 2 is 1.84 bits per heavy atom. The van der Waals surface area contributed by atoms with Gasteiger partial charge in [0.05, 0.1) is 11.3 Å². The highest BCUT2D eigenvalue weighted by Gasteiger charge is 2.38. The van der Waals surface area contributed by atoms with Gasteiger partial charge in [-0.3, -0.25) is 13.9 Å². The molecule has 2 amide bonds. The van der Waals surface area contributed by atoms with E-state index in [4.69, 9.17) is 11.6 Å². The number of hydrogen-bond acceptors (Lipinski definition) is 5. The van der Waals surface area contributed by atoms with E-state index in [1.165, 1.54) is 18.5 Å². The van der Waals surface area contributed by atoms with Crippen LogP contribution >= 0.6 is 11.6 Å². The molecule has 0 unspecified atom stereocenters. The zero-order chi connectivity index (χ0) is 23.6. The summed E-state index contributed by atoms with van der Waals surface area (Å²) in [5.74, 6) is -0.871. The van der Waals surface area contributed by atoms with E-state index in [1.54, 1.807) is 19.9 Å². The summed E-state index contributed by atoms with van der Waals surface area (Å²) in [6.07, 6.45) is 6.00. The van der Waals surface area contributed by atoms with Crippen molar-refractivity contribution >= 4 is 33.4 Å². The Hall–Kier alpha value is -2.10. The first-order chi connectivity index (χ1) is 15.0. The molecule has 2 aliphatic rings. The van der Waals surface area contributed by atoms with E-state index in [0.29, 0.717) is 22.2 Å². The molecule has 3 rings (SSSR count). The Balaban J connectivity index is 1.75. The molecule has 1 aromatic rings. The first-order valence-electron chi connectivity index (χ1n) is 10.7. The lowest BCUT2D eigenvalue weighted by molar-refractivity contribution is -0.130. The van der Waals surface area contributed by atoms with Crippen LogP contribution in [0.4, 0.5) is 0 Å². The molecule has 1 saturated carbocycles. The molecule has 2 N–H and O–H groups in total. The quantitative estimate of drug-likeness (QED) is 0.648. The van der Waals surface area contributed by atoms with Crippen LogP contribution in [-0.4, -0.2) is 61.7 Å². The zero-order valence-electron chi connectivity index (χ0n) is 18.9. The van der Waals surface area contributed by atoms with Gasteiger partial charge in [0.25, 0.3) is 10.0 Å². The maximum Gasteiger partial charge on any atom is 0.264 e. The van der Waals surface area contributed by atoms with Crippen LogP contribution in [0.1, 0.15) is 43.2 Å². The van der Waals surface area contributed by atoms with Crippen LogP contribution in [0, 0.1) is 13.8 Å². The molecule has 8 nitrogen and oxygen atoms in total. The Morgan fingerprint density at radius 1 is 1.19 bits per heavy atom. The van der Waals surface area contributed by atoms with E-state index in [1.807, 2.05) is 0 Å². The van der Waals surface area contributed by atoms with E-state index in [0.717, 1.165) is 30.0 Å². The molecular weight excluding hydrogens is 452 g/mol.